The summed E-state index contributed by atoms with van der Waals surface area (Å²) < 4.78 is 0. The van der Waals surface area contributed by atoms with Crippen LogP contribution in [-0.4, -0.2) is 0 Å². The zero-order valence-corrected chi connectivity index (χ0v) is 7.05. The van der Waals surface area contributed by atoms with Crippen LogP contribution in [0.15, 0.2) is 24.8 Å². The summed E-state index contributed by atoms with van der Waals surface area (Å²) in [4.78, 5) is 0. The summed E-state index contributed by atoms with van der Waals surface area (Å²) in [7, 11) is 0. The standard InChI is InChI=1S/C11H16/c1-3-4-9-7-10-5-8(2)6-11(9)10/h3,9-11H,1-2,4-7H2. The van der Waals surface area contributed by atoms with Crippen molar-refractivity contribution in [2.24, 2.45) is 17.8 Å². The fourth-order valence-electron chi connectivity index (χ4n) is 2.77. The fraction of sp³-hybridized carbons (Fsp3) is 0.636. The molecule has 2 aliphatic carbocycles. The lowest BCUT2D eigenvalue weighted by molar-refractivity contribution is 0.106. The summed E-state index contributed by atoms with van der Waals surface area (Å²) in [6, 6.07) is 0. The van der Waals surface area contributed by atoms with Crippen molar-refractivity contribution in [2.75, 3.05) is 0 Å². The smallest absolute Gasteiger partial charge is 0.0289 e. The minimum Gasteiger partial charge on any atom is -0.103 e. The Labute approximate surface area is 69.0 Å². The molecule has 0 aromatic carbocycles. The second-order valence-corrected chi connectivity index (χ2v) is 4.10. The summed E-state index contributed by atoms with van der Waals surface area (Å²) >= 11 is 0. The third-order valence-corrected chi connectivity index (χ3v) is 3.36. The highest BCUT2D eigenvalue weighted by Crippen LogP contribution is 2.53. The molecule has 11 heavy (non-hydrogen) atoms. The van der Waals surface area contributed by atoms with Gasteiger partial charge in [-0.25, -0.2) is 0 Å². The molecule has 0 bridgehead atoms. The van der Waals surface area contributed by atoms with E-state index in [-0.39, 0.29) is 0 Å². The van der Waals surface area contributed by atoms with Crippen LogP contribution in [0.5, 0.6) is 0 Å². The van der Waals surface area contributed by atoms with Gasteiger partial charge in [-0.2, -0.15) is 0 Å². The van der Waals surface area contributed by atoms with Gasteiger partial charge in [0, 0.05) is 0 Å². The maximum atomic E-state index is 4.06. The van der Waals surface area contributed by atoms with Gasteiger partial charge in [-0.3, -0.25) is 0 Å². The van der Waals surface area contributed by atoms with E-state index in [1.54, 1.807) is 0 Å². The molecule has 0 radical (unpaired) electrons. The van der Waals surface area contributed by atoms with E-state index in [0.29, 0.717) is 0 Å². The predicted molar refractivity (Wildman–Crippen MR) is 48.3 cm³/mol. The van der Waals surface area contributed by atoms with Crippen molar-refractivity contribution in [2.45, 2.75) is 25.7 Å². The van der Waals surface area contributed by atoms with Gasteiger partial charge in [-0.1, -0.05) is 18.2 Å². The van der Waals surface area contributed by atoms with Crippen LogP contribution < -0.4 is 0 Å². The van der Waals surface area contributed by atoms with Crippen molar-refractivity contribution in [3.05, 3.63) is 24.8 Å². The Balaban J connectivity index is 1.94. The quantitative estimate of drug-likeness (QED) is 0.528. The maximum absolute atomic E-state index is 4.06. The third kappa shape index (κ3) is 1.05. The fourth-order valence-corrected chi connectivity index (χ4v) is 2.77. The van der Waals surface area contributed by atoms with Gasteiger partial charge in [0.15, 0.2) is 0 Å². The van der Waals surface area contributed by atoms with Crippen LogP contribution in [0.25, 0.3) is 0 Å². The molecule has 2 aliphatic rings. The molecule has 3 atom stereocenters. The molecular weight excluding hydrogens is 132 g/mol. The topological polar surface area (TPSA) is 0 Å². The van der Waals surface area contributed by atoms with Gasteiger partial charge in [0.2, 0.25) is 0 Å². The number of fused-ring (bicyclic) bond motifs is 1. The summed E-state index contributed by atoms with van der Waals surface area (Å²) in [6.45, 7) is 7.86. The van der Waals surface area contributed by atoms with Gasteiger partial charge in [-0.15, -0.1) is 6.58 Å². The van der Waals surface area contributed by atoms with E-state index >= 15 is 0 Å². The van der Waals surface area contributed by atoms with Gasteiger partial charge in [-0.05, 0) is 43.4 Å². The highest BCUT2D eigenvalue weighted by molar-refractivity contribution is 5.12. The summed E-state index contributed by atoms with van der Waals surface area (Å²) in [5.74, 6) is 2.95. The molecule has 0 spiro atoms. The summed E-state index contributed by atoms with van der Waals surface area (Å²) in [5.41, 5.74) is 1.49. The van der Waals surface area contributed by atoms with Gasteiger partial charge in [0.1, 0.15) is 0 Å². The molecule has 0 N–H and O–H groups in total. The van der Waals surface area contributed by atoms with E-state index in [9.17, 15) is 0 Å². The second-order valence-electron chi connectivity index (χ2n) is 4.10. The first kappa shape index (κ1) is 7.15. The van der Waals surface area contributed by atoms with E-state index in [4.69, 9.17) is 0 Å². The molecule has 60 valence electrons. The van der Waals surface area contributed by atoms with E-state index in [2.05, 4.69) is 19.2 Å². The molecular formula is C11H16. The molecule has 0 heterocycles. The Morgan fingerprint density at radius 1 is 1.45 bits per heavy atom. The Morgan fingerprint density at radius 2 is 2.27 bits per heavy atom. The van der Waals surface area contributed by atoms with Crippen molar-refractivity contribution < 1.29 is 0 Å². The van der Waals surface area contributed by atoms with E-state index in [0.717, 1.165) is 17.8 Å². The Morgan fingerprint density at radius 3 is 2.91 bits per heavy atom. The first-order chi connectivity index (χ1) is 5.31. The zero-order chi connectivity index (χ0) is 7.84. The van der Waals surface area contributed by atoms with Crippen molar-refractivity contribution in [3.8, 4) is 0 Å². The highest BCUT2D eigenvalue weighted by atomic mass is 14.5. The van der Waals surface area contributed by atoms with Crippen molar-refractivity contribution in [3.63, 3.8) is 0 Å². The molecule has 0 saturated heterocycles. The number of hydrogen-bond acceptors (Lipinski definition) is 0. The van der Waals surface area contributed by atoms with Gasteiger partial charge < -0.3 is 0 Å². The first-order valence-electron chi connectivity index (χ1n) is 4.59. The van der Waals surface area contributed by atoms with E-state index in [1.807, 2.05) is 0 Å². The Kier molecular flexibility index (Phi) is 1.63. The largest absolute Gasteiger partial charge is 0.103 e. The molecule has 2 fully saturated rings. The number of hydrogen-bond donors (Lipinski definition) is 0. The number of allylic oxidation sites excluding steroid dienone is 2. The Bertz CT molecular complexity index is 190. The summed E-state index contributed by atoms with van der Waals surface area (Å²) in [5, 5.41) is 0. The third-order valence-electron chi connectivity index (χ3n) is 3.36. The lowest BCUT2D eigenvalue weighted by Crippen LogP contribution is -2.31. The van der Waals surface area contributed by atoms with Crippen LogP contribution in [0.2, 0.25) is 0 Å². The minimum atomic E-state index is 0.955. The van der Waals surface area contributed by atoms with Crippen molar-refractivity contribution >= 4 is 0 Å². The molecule has 0 amide bonds. The number of rotatable bonds is 2. The van der Waals surface area contributed by atoms with Crippen LogP contribution in [0.3, 0.4) is 0 Å². The van der Waals surface area contributed by atoms with Crippen LogP contribution in [0.1, 0.15) is 25.7 Å². The van der Waals surface area contributed by atoms with Crippen LogP contribution in [0, 0.1) is 17.8 Å². The second kappa shape index (κ2) is 2.51. The molecule has 0 aliphatic heterocycles. The van der Waals surface area contributed by atoms with Gasteiger partial charge >= 0.3 is 0 Å². The molecule has 0 heteroatoms. The first-order valence-corrected chi connectivity index (χ1v) is 4.59. The average Bonchev–Trinajstić information content (AvgIpc) is 2.24. The maximum Gasteiger partial charge on any atom is -0.0289 e. The molecule has 3 unspecified atom stereocenters. The highest BCUT2D eigenvalue weighted by Gasteiger charge is 2.43. The van der Waals surface area contributed by atoms with Crippen LogP contribution in [-0.2, 0) is 0 Å². The summed E-state index contributed by atoms with van der Waals surface area (Å²) in [6.07, 6.45) is 7.37. The monoisotopic (exact) mass is 148 g/mol. The predicted octanol–water partition coefficient (Wildman–Crippen LogP) is 3.16. The minimum absolute atomic E-state index is 0.955. The molecule has 0 aromatic heterocycles. The van der Waals surface area contributed by atoms with Crippen LogP contribution >= 0.6 is 0 Å². The average molecular weight is 148 g/mol. The lowest BCUT2D eigenvalue weighted by Gasteiger charge is -2.39. The molecule has 0 nitrogen and oxygen atoms in total. The van der Waals surface area contributed by atoms with Crippen LogP contribution in [0.4, 0.5) is 0 Å². The normalized spacial score (nSPS) is 41.5. The SMILES string of the molecule is C=CCC1CC2CC(=C)CC12. The van der Waals surface area contributed by atoms with Gasteiger partial charge in [0.05, 0.1) is 0 Å². The van der Waals surface area contributed by atoms with Crippen molar-refractivity contribution in [1.29, 1.82) is 0 Å². The van der Waals surface area contributed by atoms with E-state index in [1.165, 1.54) is 31.3 Å². The lowest BCUT2D eigenvalue weighted by atomic mass is 9.65. The van der Waals surface area contributed by atoms with Gasteiger partial charge in [0.25, 0.3) is 0 Å². The molecule has 2 saturated carbocycles. The van der Waals surface area contributed by atoms with Crippen molar-refractivity contribution in [1.82, 2.24) is 0 Å². The zero-order valence-electron chi connectivity index (χ0n) is 7.05. The molecule has 0 aromatic rings. The Hall–Kier alpha value is -0.520. The van der Waals surface area contributed by atoms with E-state index < -0.39 is 0 Å². The molecule has 2 rings (SSSR count).